The Labute approximate surface area is 112 Å². The molecule has 3 N–H and O–H groups in total. The molecule has 0 saturated carbocycles. The Hall–Kier alpha value is -1.67. The predicted molar refractivity (Wildman–Crippen MR) is 72.2 cm³/mol. The number of hydrogen-bond donors (Lipinski definition) is 2. The lowest BCUT2D eigenvalue weighted by Gasteiger charge is -2.28. The number of nitrogen functional groups attached to an aromatic ring is 1. The minimum absolute atomic E-state index is 0.0479. The first-order chi connectivity index (χ1) is 9.24. The maximum atomic E-state index is 9.05. The lowest BCUT2D eigenvalue weighted by Crippen LogP contribution is -2.38. The van der Waals surface area contributed by atoms with Gasteiger partial charge in [0.25, 0.3) is 0 Å². The topological polar surface area (TPSA) is 101 Å². The highest BCUT2D eigenvalue weighted by Gasteiger charge is 2.17. The van der Waals surface area contributed by atoms with E-state index in [-0.39, 0.29) is 12.6 Å². The fourth-order valence-electron chi connectivity index (χ4n) is 1.94. The maximum Gasteiger partial charge on any atom is 0.232 e. The second kappa shape index (κ2) is 6.48. The molecular formula is C11H20N6O2. The van der Waals surface area contributed by atoms with Crippen molar-refractivity contribution in [1.29, 1.82) is 0 Å². The number of rotatable bonds is 5. The fourth-order valence-corrected chi connectivity index (χ4v) is 1.94. The van der Waals surface area contributed by atoms with Crippen molar-refractivity contribution in [1.82, 2.24) is 15.0 Å². The molecule has 1 aliphatic rings. The molecule has 2 heterocycles. The van der Waals surface area contributed by atoms with Gasteiger partial charge in [-0.2, -0.15) is 15.0 Å². The van der Waals surface area contributed by atoms with Gasteiger partial charge in [-0.15, -0.1) is 0 Å². The summed E-state index contributed by atoms with van der Waals surface area (Å²) in [6.07, 6.45) is 0. The summed E-state index contributed by atoms with van der Waals surface area (Å²) < 4.78 is 5.30. The molecule has 106 valence electrons. The highest BCUT2D eigenvalue weighted by molar-refractivity contribution is 5.43. The predicted octanol–water partition coefficient (Wildman–Crippen LogP) is -0.891. The van der Waals surface area contributed by atoms with Crippen LogP contribution in [0.2, 0.25) is 0 Å². The third-order valence-electron chi connectivity index (χ3n) is 2.96. The van der Waals surface area contributed by atoms with Crippen LogP contribution in [0.15, 0.2) is 0 Å². The van der Waals surface area contributed by atoms with Crippen LogP contribution in [-0.4, -0.2) is 66.1 Å². The molecule has 0 radical (unpaired) electrons. The fraction of sp³-hybridized carbons (Fsp3) is 0.727. The van der Waals surface area contributed by atoms with Gasteiger partial charge in [0.05, 0.1) is 19.8 Å². The highest BCUT2D eigenvalue weighted by Crippen LogP contribution is 2.16. The molecule has 1 aromatic heterocycles. The van der Waals surface area contributed by atoms with Crippen LogP contribution in [-0.2, 0) is 4.74 Å². The maximum absolute atomic E-state index is 9.05. The van der Waals surface area contributed by atoms with E-state index in [0.717, 1.165) is 13.1 Å². The van der Waals surface area contributed by atoms with E-state index in [9.17, 15) is 0 Å². The van der Waals surface area contributed by atoms with Gasteiger partial charge in [-0.25, -0.2) is 0 Å². The number of morpholine rings is 1. The Morgan fingerprint density at radius 2 is 2.05 bits per heavy atom. The second-order valence-electron chi connectivity index (χ2n) is 4.20. The van der Waals surface area contributed by atoms with Crippen LogP contribution in [0.4, 0.5) is 17.8 Å². The number of aliphatic hydroxyl groups is 1. The van der Waals surface area contributed by atoms with E-state index in [1.807, 2.05) is 16.7 Å². The van der Waals surface area contributed by atoms with E-state index in [0.29, 0.717) is 38.2 Å². The third kappa shape index (κ3) is 3.42. The Bertz CT molecular complexity index is 387. The van der Waals surface area contributed by atoms with E-state index in [1.54, 1.807) is 0 Å². The molecular weight excluding hydrogens is 248 g/mol. The molecule has 0 spiro atoms. The average molecular weight is 268 g/mol. The zero-order chi connectivity index (χ0) is 13.7. The molecule has 2 rings (SSSR count). The first-order valence-electron chi connectivity index (χ1n) is 6.44. The number of likely N-dealkylation sites (N-methyl/N-ethyl adjacent to an activating group) is 1. The molecule has 1 aliphatic heterocycles. The van der Waals surface area contributed by atoms with Gasteiger partial charge in [0.2, 0.25) is 17.8 Å². The summed E-state index contributed by atoms with van der Waals surface area (Å²) in [4.78, 5) is 16.6. The minimum atomic E-state index is 0.0479. The summed E-state index contributed by atoms with van der Waals surface area (Å²) in [5, 5.41) is 9.05. The molecule has 8 nitrogen and oxygen atoms in total. The van der Waals surface area contributed by atoms with Crippen molar-refractivity contribution < 1.29 is 9.84 Å². The minimum Gasteiger partial charge on any atom is -0.395 e. The Kier molecular flexibility index (Phi) is 4.69. The number of aliphatic hydroxyl groups excluding tert-OH is 1. The van der Waals surface area contributed by atoms with E-state index in [1.165, 1.54) is 0 Å². The van der Waals surface area contributed by atoms with Gasteiger partial charge in [0.15, 0.2) is 0 Å². The van der Waals surface area contributed by atoms with E-state index >= 15 is 0 Å². The van der Waals surface area contributed by atoms with Gasteiger partial charge < -0.3 is 25.4 Å². The van der Waals surface area contributed by atoms with Gasteiger partial charge in [-0.05, 0) is 6.92 Å². The zero-order valence-corrected chi connectivity index (χ0v) is 11.1. The molecule has 0 aliphatic carbocycles. The molecule has 1 saturated heterocycles. The van der Waals surface area contributed by atoms with Crippen molar-refractivity contribution >= 4 is 17.8 Å². The number of hydrogen-bond acceptors (Lipinski definition) is 8. The van der Waals surface area contributed by atoms with Gasteiger partial charge in [0, 0.05) is 26.2 Å². The number of nitrogens with two attached hydrogens (primary N) is 1. The number of aromatic nitrogens is 3. The smallest absolute Gasteiger partial charge is 0.232 e. The largest absolute Gasteiger partial charge is 0.395 e. The molecule has 0 bridgehead atoms. The average Bonchev–Trinajstić information content (AvgIpc) is 2.45. The van der Waals surface area contributed by atoms with Crippen LogP contribution in [0.25, 0.3) is 0 Å². The van der Waals surface area contributed by atoms with Crippen molar-refractivity contribution in [3.63, 3.8) is 0 Å². The molecule has 19 heavy (non-hydrogen) atoms. The Balaban J connectivity index is 2.22. The molecule has 0 unspecified atom stereocenters. The van der Waals surface area contributed by atoms with Crippen LogP contribution in [0.3, 0.4) is 0 Å². The number of ether oxygens (including phenoxy) is 1. The lowest BCUT2D eigenvalue weighted by atomic mass is 10.4. The number of anilines is 3. The van der Waals surface area contributed by atoms with Gasteiger partial charge in [-0.3, -0.25) is 0 Å². The van der Waals surface area contributed by atoms with Crippen LogP contribution in [0.5, 0.6) is 0 Å². The summed E-state index contributed by atoms with van der Waals surface area (Å²) >= 11 is 0. The standard InChI is InChI=1S/C11H20N6O2/c1-2-16(3-6-18)10-13-9(12)14-11(15-10)17-4-7-19-8-5-17/h18H,2-8H2,1H3,(H2,12,13,14,15). The molecule has 8 heteroatoms. The monoisotopic (exact) mass is 268 g/mol. The summed E-state index contributed by atoms with van der Waals surface area (Å²) in [5.74, 6) is 1.27. The SMILES string of the molecule is CCN(CCO)c1nc(N)nc(N2CCOCC2)n1. The molecule has 0 amide bonds. The zero-order valence-electron chi connectivity index (χ0n) is 11.1. The summed E-state index contributed by atoms with van der Waals surface area (Å²) in [5.41, 5.74) is 5.75. The van der Waals surface area contributed by atoms with Gasteiger partial charge >= 0.3 is 0 Å². The van der Waals surface area contributed by atoms with Crippen molar-refractivity contribution in [3.05, 3.63) is 0 Å². The van der Waals surface area contributed by atoms with Crippen LogP contribution < -0.4 is 15.5 Å². The highest BCUT2D eigenvalue weighted by atomic mass is 16.5. The first kappa shape index (κ1) is 13.8. The van der Waals surface area contributed by atoms with Crippen molar-refractivity contribution in [2.75, 3.05) is 61.5 Å². The summed E-state index contributed by atoms with van der Waals surface area (Å²) in [6.45, 7) is 6.01. The Morgan fingerprint density at radius 1 is 1.32 bits per heavy atom. The third-order valence-corrected chi connectivity index (χ3v) is 2.96. The lowest BCUT2D eigenvalue weighted by molar-refractivity contribution is 0.122. The van der Waals surface area contributed by atoms with Gasteiger partial charge in [0.1, 0.15) is 0 Å². The summed E-state index contributed by atoms with van der Waals surface area (Å²) in [6, 6.07) is 0. The number of nitrogens with zero attached hydrogens (tertiary/aromatic N) is 5. The molecule has 0 aromatic carbocycles. The van der Waals surface area contributed by atoms with Crippen molar-refractivity contribution in [2.24, 2.45) is 0 Å². The van der Waals surface area contributed by atoms with Crippen LogP contribution in [0, 0.1) is 0 Å². The molecule has 0 atom stereocenters. The molecule has 1 fully saturated rings. The van der Waals surface area contributed by atoms with Crippen LogP contribution in [0.1, 0.15) is 6.92 Å². The van der Waals surface area contributed by atoms with E-state index < -0.39 is 0 Å². The van der Waals surface area contributed by atoms with E-state index in [4.69, 9.17) is 15.6 Å². The second-order valence-corrected chi connectivity index (χ2v) is 4.20. The van der Waals surface area contributed by atoms with Crippen molar-refractivity contribution in [3.8, 4) is 0 Å². The Morgan fingerprint density at radius 3 is 2.68 bits per heavy atom. The van der Waals surface area contributed by atoms with Crippen LogP contribution >= 0.6 is 0 Å². The van der Waals surface area contributed by atoms with E-state index in [2.05, 4.69) is 15.0 Å². The van der Waals surface area contributed by atoms with Crippen molar-refractivity contribution in [2.45, 2.75) is 6.92 Å². The summed E-state index contributed by atoms with van der Waals surface area (Å²) in [7, 11) is 0. The normalized spacial score (nSPS) is 15.6. The van der Waals surface area contributed by atoms with Gasteiger partial charge in [-0.1, -0.05) is 0 Å². The first-order valence-corrected chi connectivity index (χ1v) is 6.44. The quantitative estimate of drug-likeness (QED) is 0.709. The molecule has 1 aromatic rings.